The van der Waals surface area contributed by atoms with Gasteiger partial charge in [0.15, 0.2) is 0 Å². The van der Waals surface area contributed by atoms with Crippen LogP contribution in [0.3, 0.4) is 0 Å². The Hall–Kier alpha value is -2.45. The zero-order chi connectivity index (χ0) is 30.7. The molecule has 3 aliphatic rings. The number of nitrogens with zero attached hydrogens (tertiary/aromatic N) is 1. The molecule has 0 spiro atoms. The van der Waals surface area contributed by atoms with Gasteiger partial charge in [0.25, 0.3) is 0 Å². The average molecular weight is 581 g/mol. The van der Waals surface area contributed by atoms with E-state index in [-0.39, 0.29) is 23.8 Å². The molecular weight excluding hydrogens is 528 g/mol. The molecule has 3 N–H and O–H groups in total. The summed E-state index contributed by atoms with van der Waals surface area (Å²) in [5.74, 6) is 0. The molecule has 232 valence electrons. The largest absolute Gasteiger partial charge is 0.444 e. The van der Waals surface area contributed by atoms with E-state index in [1.807, 2.05) is 45.0 Å². The van der Waals surface area contributed by atoms with Crippen molar-refractivity contribution in [2.24, 2.45) is 0 Å². The monoisotopic (exact) mass is 580 g/mol. The van der Waals surface area contributed by atoms with Crippen LogP contribution in [0.2, 0.25) is 0 Å². The number of carbonyl (C=O) groups is 1. The molecule has 2 aromatic carbocycles. The van der Waals surface area contributed by atoms with E-state index < -0.39 is 17.3 Å². The fourth-order valence-electron chi connectivity index (χ4n) is 6.47. The van der Waals surface area contributed by atoms with Crippen LogP contribution in [0.15, 0.2) is 48.5 Å². The molecule has 2 fully saturated rings. The Morgan fingerprint density at radius 1 is 1.07 bits per heavy atom. The Kier molecular flexibility index (Phi) is 10.1. The van der Waals surface area contributed by atoms with Crippen LogP contribution in [0, 0.1) is 0 Å². The second-order valence-corrected chi connectivity index (χ2v) is 14.4. The van der Waals surface area contributed by atoms with E-state index >= 15 is 0 Å². The first-order valence-electron chi connectivity index (χ1n) is 15.6. The molecule has 4 atom stereocenters. The third-order valence-electron chi connectivity index (χ3n) is 8.18. The highest BCUT2D eigenvalue weighted by molar-refractivity contribution is 5.69. The maximum absolute atomic E-state index is 12.5. The van der Waals surface area contributed by atoms with Gasteiger partial charge in [0, 0.05) is 25.4 Å². The zero-order valence-corrected chi connectivity index (χ0v) is 26.7. The minimum atomic E-state index is -0.865. The number of fused-ring (bicyclic) bond motifs is 1. The summed E-state index contributed by atoms with van der Waals surface area (Å²) in [6, 6.07) is 16.5. The Morgan fingerprint density at radius 3 is 2.43 bits per heavy atom. The number of amides is 1. The molecule has 2 aromatic rings. The standard InChI is InChI=1S/C20H31NO4.C15H21NO/c1-19(2,3)25-18(23)21-12-8-11-16(21)17(22)15-10-7-6-9-14(15)13-20(4,5)24;1-15(2)10-11-6-3-4-7-12(11)14(17-15)13-8-5-9-16-13/h6-7,9-10,16-17,22,24H,8,11-13H2,1-5H3;3-4,6-7,13-14,16H,5,8-10H2,1-2H3/t16-,17?;13-,14?/m00/s1. The van der Waals surface area contributed by atoms with Crippen LogP contribution in [0.5, 0.6) is 0 Å². The number of ether oxygens (including phenoxy) is 2. The molecule has 3 heterocycles. The Morgan fingerprint density at radius 2 is 1.76 bits per heavy atom. The maximum Gasteiger partial charge on any atom is 0.410 e. The smallest absolute Gasteiger partial charge is 0.410 e. The van der Waals surface area contributed by atoms with Gasteiger partial charge in [0.1, 0.15) is 5.60 Å². The summed E-state index contributed by atoms with van der Waals surface area (Å²) in [6.07, 6.45) is 4.60. The number of hydrogen-bond acceptors (Lipinski definition) is 6. The highest BCUT2D eigenvalue weighted by Gasteiger charge is 2.39. The molecule has 0 radical (unpaired) electrons. The lowest BCUT2D eigenvalue weighted by Gasteiger charge is -2.40. The topological polar surface area (TPSA) is 91.3 Å². The Balaban J connectivity index is 0.000000206. The molecule has 5 rings (SSSR count). The Bertz CT molecular complexity index is 1190. The van der Waals surface area contributed by atoms with Crippen LogP contribution in [0.1, 0.15) is 109 Å². The van der Waals surface area contributed by atoms with Crippen molar-refractivity contribution in [1.82, 2.24) is 10.2 Å². The summed E-state index contributed by atoms with van der Waals surface area (Å²) in [6.45, 7) is 15.1. The van der Waals surface area contributed by atoms with E-state index in [1.165, 1.54) is 24.0 Å². The molecule has 0 aromatic heterocycles. The minimum Gasteiger partial charge on any atom is -0.444 e. The molecule has 7 nitrogen and oxygen atoms in total. The number of aliphatic hydroxyl groups is 2. The summed E-state index contributed by atoms with van der Waals surface area (Å²) in [7, 11) is 0. The van der Waals surface area contributed by atoms with Crippen molar-refractivity contribution >= 4 is 6.09 Å². The molecule has 1 amide bonds. The second-order valence-electron chi connectivity index (χ2n) is 14.4. The van der Waals surface area contributed by atoms with Gasteiger partial charge in [0.2, 0.25) is 0 Å². The van der Waals surface area contributed by atoms with Gasteiger partial charge in [0.05, 0.1) is 29.5 Å². The van der Waals surface area contributed by atoms with Crippen molar-refractivity contribution in [3.8, 4) is 0 Å². The first-order chi connectivity index (χ1) is 19.6. The fourth-order valence-corrected chi connectivity index (χ4v) is 6.47. The van der Waals surface area contributed by atoms with Crippen LogP contribution < -0.4 is 5.32 Å². The predicted molar refractivity (Wildman–Crippen MR) is 166 cm³/mol. The summed E-state index contributed by atoms with van der Waals surface area (Å²) in [4.78, 5) is 14.1. The maximum atomic E-state index is 12.5. The van der Waals surface area contributed by atoms with Gasteiger partial charge in [-0.05, 0) is 103 Å². The van der Waals surface area contributed by atoms with Gasteiger partial charge in [-0.1, -0.05) is 48.5 Å². The zero-order valence-electron chi connectivity index (χ0n) is 26.7. The first-order valence-corrected chi connectivity index (χ1v) is 15.6. The Labute approximate surface area is 252 Å². The molecule has 0 saturated carbocycles. The van der Waals surface area contributed by atoms with Gasteiger partial charge in [-0.2, -0.15) is 0 Å². The number of nitrogens with one attached hydrogen (secondary N) is 1. The lowest BCUT2D eigenvalue weighted by atomic mass is 9.86. The number of likely N-dealkylation sites (tertiary alicyclic amines) is 1. The third-order valence-corrected chi connectivity index (χ3v) is 8.18. The SMILES string of the molecule is CC(C)(O)Cc1ccccc1C(O)[C@@H]1CCCN1C(=O)OC(C)(C)C.CC1(C)Cc2ccccc2C([C@@H]2CCCN2)O1. The van der Waals surface area contributed by atoms with Crippen LogP contribution in [-0.4, -0.2) is 63.2 Å². The first kappa shape index (κ1) is 32.5. The third kappa shape index (κ3) is 8.56. The van der Waals surface area contributed by atoms with Crippen molar-refractivity contribution in [1.29, 1.82) is 0 Å². The number of hydrogen-bond donors (Lipinski definition) is 3. The van der Waals surface area contributed by atoms with E-state index in [0.717, 1.165) is 36.9 Å². The van der Waals surface area contributed by atoms with Crippen molar-refractivity contribution < 1.29 is 24.5 Å². The molecule has 42 heavy (non-hydrogen) atoms. The quantitative estimate of drug-likeness (QED) is 0.387. The number of aliphatic hydroxyl groups excluding tert-OH is 1. The molecule has 0 aliphatic carbocycles. The highest BCUT2D eigenvalue weighted by atomic mass is 16.6. The molecular formula is C35H52N2O5. The van der Waals surface area contributed by atoms with E-state index in [1.54, 1.807) is 18.7 Å². The molecule has 7 heteroatoms. The van der Waals surface area contributed by atoms with Crippen molar-refractivity contribution in [3.05, 3.63) is 70.8 Å². The van der Waals surface area contributed by atoms with Gasteiger partial charge in [-0.25, -0.2) is 4.79 Å². The van der Waals surface area contributed by atoms with Crippen LogP contribution >= 0.6 is 0 Å². The van der Waals surface area contributed by atoms with Crippen molar-refractivity contribution in [2.75, 3.05) is 13.1 Å². The van der Waals surface area contributed by atoms with E-state index in [2.05, 4.69) is 43.4 Å². The lowest BCUT2D eigenvalue weighted by molar-refractivity contribution is -0.0969. The molecule has 2 saturated heterocycles. The second kappa shape index (κ2) is 13.0. The number of benzene rings is 2. The minimum absolute atomic E-state index is 0.0384. The van der Waals surface area contributed by atoms with E-state index in [4.69, 9.17) is 9.47 Å². The van der Waals surface area contributed by atoms with Gasteiger partial charge < -0.3 is 29.9 Å². The molecule has 0 bridgehead atoms. The highest BCUT2D eigenvalue weighted by Crippen LogP contribution is 2.39. The number of carbonyl (C=O) groups excluding carboxylic acids is 1. The van der Waals surface area contributed by atoms with E-state index in [0.29, 0.717) is 19.0 Å². The van der Waals surface area contributed by atoms with Crippen LogP contribution in [0.4, 0.5) is 4.79 Å². The van der Waals surface area contributed by atoms with Crippen LogP contribution in [-0.2, 0) is 22.3 Å². The normalized spacial score (nSPS) is 24.4. The van der Waals surface area contributed by atoms with Crippen LogP contribution in [0.25, 0.3) is 0 Å². The summed E-state index contributed by atoms with van der Waals surface area (Å²) < 4.78 is 11.8. The summed E-state index contributed by atoms with van der Waals surface area (Å²) in [5.41, 5.74) is 3.06. The molecule has 2 unspecified atom stereocenters. The predicted octanol–water partition coefficient (Wildman–Crippen LogP) is 6.26. The lowest BCUT2D eigenvalue weighted by Crippen LogP contribution is -2.42. The van der Waals surface area contributed by atoms with Crippen molar-refractivity contribution in [3.63, 3.8) is 0 Å². The van der Waals surface area contributed by atoms with Crippen molar-refractivity contribution in [2.45, 2.75) is 128 Å². The van der Waals surface area contributed by atoms with Gasteiger partial charge in [-0.3, -0.25) is 0 Å². The van der Waals surface area contributed by atoms with Gasteiger partial charge in [-0.15, -0.1) is 0 Å². The summed E-state index contributed by atoms with van der Waals surface area (Å²) >= 11 is 0. The fraction of sp³-hybridized carbons (Fsp3) is 0.629. The summed E-state index contributed by atoms with van der Waals surface area (Å²) in [5, 5.41) is 24.7. The average Bonchev–Trinajstić information content (AvgIpc) is 3.59. The van der Waals surface area contributed by atoms with Gasteiger partial charge >= 0.3 is 6.09 Å². The number of rotatable bonds is 5. The van der Waals surface area contributed by atoms with E-state index in [9.17, 15) is 15.0 Å². The molecule has 3 aliphatic heterocycles.